The molecule has 0 aliphatic heterocycles. The van der Waals surface area contributed by atoms with Crippen LogP contribution in [0.1, 0.15) is 26.4 Å². The second kappa shape index (κ2) is 8.78. The van der Waals surface area contributed by atoms with E-state index in [1.54, 1.807) is 71.6 Å². The maximum atomic E-state index is 13.6. The number of carbonyl (C=O) groups is 2. The molecule has 0 bridgehead atoms. The number of benzene rings is 3. The highest BCUT2D eigenvalue weighted by atomic mass is 35.5. The van der Waals surface area contributed by atoms with E-state index in [4.69, 9.17) is 23.2 Å². The van der Waals surface area contributed by atoms with Crippen molar-refractivity contribution in [1.29, 1.82) is 0 Å². The minimum absolute atomic E-state index is 0.109. The van der Waals surface area contributed by atoms with Gasteiger partial charge in [0.05, 0.1) is 11.1 Å². The van der Waals surface area contributed by atoms with E-state index in [1.165, 1.54) is 0 Å². The van der Waals surface area contributed by atoms with Crippen LogP contribution < -0.4 is 0 Å². The van der Waals surface area contributed by atoms with Gasteiger partial charge in [0, 0.05) is 44.6 Å². The van der Waals surface area contributed by atoms with E-state index < -0.39 is 11.8 Å². The largest absolute Gasteiger partial charge is 0.477 e. The second-order valence-corrected chi connectivity index (χ2v) is 8.52. The van der Waals surface area contributed by atoms with E-state index in [-0.39, 0.29) is 11.3 Å². The van der Waals surface area contributed by atoms with Crippen LogP contribution in [-0.2, 0) is 0 Å². The van der Waals surface area contributed by atoms with Crippen LogP contribution in [0.5, 0.6) is 0 Å². The van der Waals surface area contributed by atoms with Crippen molar-refractivity contribution >= 4 is 45.9 Å². The van der Waals surface area contributed by atoms with Gasteiger partial charge < -0.3 is 9.67 Å². The number of nitrogens with zero attached hydrogens (tertiary/aromatic N) is 2. The first kappa shape index (κ1) is 21.9. The highest BCUT2D eigenvalue weighted by Crippen LogP contribution is 2.35. The zero-order valence-corrected chi connectivity index (χ0v) is 19.1. The van der Waals surface area contributed by atoms with Gasteiger partial charge >= 0.3 is 5.97 Å². The molecule has 0 spiro atoms. The molecular formula is C27H16Cl2N2O3. The monoisotopic (exact) mass is 486 g/mol. The third kappa shape index (κ3) is 3.85. The number of fused-ring (bicyclic) bond motifs is 1. The Hall–Kier alpha value is -3.93. The van der Waals surface area contributed by atoms with Gasteiger partial charge in [0.15, 0.2) is 5.78 Å². The maximum Gasteiger partial charge on any atom is 0.353 e. The number of aromatic nitrogens is 2. The average molecular weight is 487 g/mol. The molecule has 2 aromatic heterocycles. The smallest absolute Gasteiger partial charge is 0.353 e. The minimum Gasteiger partial charge on any atom is -0.477 e. The van der Waals surface area contributed by atoms with Crippen LogP contribution in [0, 0.1) is 0 Å². The summed E-state index contributed by atoms with van der Waals surface area (Å²) < 4.78 is 1.58. The van der Waals surface area contributed by atoms with Crippen LogP contribution in [0.2, 0.25) is 10.0 Å². The molecule has 7 heteroatoms. The van der Waals surface area contributed by atoms with Crippen molar-refractivity contribution in [3.8, 4) is 16.8 Å². The molecule has 3 aromatic carbocycles. The average Bonchev–Trinajstić information content (AvgIpc) is 3.20. The molecular weight excluding hydrogens is 471 g/mol. The van der Waals surface area contributed by atoms with Gasteiger partial charge in [-0.1, -0.05) is 41.4 Å². The number of rotatable bonds is 5. The molecule has 0 saturated carbocycles. The lowest BCUT2D eigenvalue weighted by atomic mass is 9.98. The van der Waals surface area contributed by atoms with Crippen LogP contribution in [0.4, 0.5) is 0 Å². The molecule has 166 valence electrons. The van der Waals surface area contributed by atoms with Gasteiger partial charge in [-0.25, -0.2) is 4.79 Å². The quantitative estimate of drug-likeness (QED) is 0.273. The molecule has 0 atom stereocenters. The third-order valence-corrected chi connectivity index (χ3v) is 6.09. The zero-order chi connectivity index (χ0) is 23.8. The number of aromatic carboxylic acids is 1. The standard InChI is InChI=1S/C27H16Cl2N2O3/c28-19-6-3-16(4-7-19)26(32)24-22-12-5-17(18-2-1-13-30-15-18)14-23(22)31(25(24)27(33)34)21-10-8-20(29)9-11-21/h1-15H,(H,33,34). The number of pyridine rings is 1. The fourth-order valence-electron chi connectivity index (χ4n) is 4.04. The lowest BCUT2D eigenvalue weighted by molar-refractivity contribution is 0.0684. The van der Waals surface area contributed by atoms with Gasteiger partial charge in [0.2, 0.25) is 0 Å². The Morgan fingerprint density at radius 2 is 1.50 bits per heavy atom. The van der Waals surface area contributed by atoms with Crippen LogP contribution in [0.15, 0.2) is 91.3 Å². The summed E-state index contributed by atoms with van der Waals surface area (Å²) in [4.78, 5) is 30.3. The van der Waals surface area contributed by atoms with E-state index in [0.717, 1.165) is 11.1 Å². The van der Waals surface area contributed by atoms with E-state index in [9.17, 15) is 14.7 Å². The molecule has 0 aliphatic rings. The summed E-state index contributed by atoms with van der Waals surface area (Å²) >= 11 is 12.1. The fourth-order valence-corrected chi connectivity index (χ4v) is 4.29. The lowest BCUT2D eigenvalue weighted by Crippen LogP contribution is -2.13. The number of carbonyl (C=O) groups excluding carboxylic acids is 1. The summed E-state index contributed by atoms with van der Waals surface area (Å²) in [5, 5.41) is 11.8. The van der Waals surface area contributed by atoms with E-state index in [1.807, 2.05) is 24.3 Å². The summed E-state index contributed by atoms with van der Waals surface area (Å²) in [6.07, 6.45) is 3.42. The van der Waals surface area contributed by atoms with Crippen molar-refractivity contribution in [2.75, 3.05) is 0 Å². The Morgan fingerprint density at radius 3 is 2.12 bits per heavy atom. The van der Waals surface area contributed by atoms with Gasteiger partial charge in [0.1, 0.15) is 5.69 Å². The Bertz CT molecular complexity index is 1540. The molecule has 0 fully saturated rings. The first-order valence-corrected chi connectivity index (χ1v) is 11.1. The van der Waals surface area contributed by atoms with Crippen molar-refractivity contribution in [2.24, 2.45) is 0 Å². The Balaban J connectivity index is 1.84. The molecule has 1 N–H and O–H groups in total. The summed E-state index contributed by atoms with van der Waals surface area (Å²) in [7, 11) is 0. The number of halogens is 2. The third-order valence-electron chi connectivity index (χ3n) is 5.58. The fraction of sp³-hybridized carbons (Fsp3) is 0. The summed E-state index contributed by atoms with van der Waals surface area (Å²) in [5.74, 6) is -1.62. The molecule has 0 unspecified atom stereocenters. The molecule has 0 aliphatic carbocycles. The van der Waals surface area contributed by atoms with Crippen molar-refractivity contribution in [2.45, 2.75) is 0 Å². The van der Waals surface area contributed by atoms with Gasteiger partial charge in [0.25, 0.3) is 0 Å². The Morgan fingerprint density at radius 1 is 0.824 bits per heavy atom. The predicted octanol–water partition coefficient (Wildman–Crippen LogP) is 6.93. The maximum absolute atomic E-state index is 13.6. The minimum atomic E-state index is -1.22. The van der Waals surface area contributed by atoms with Crippen molar-refractivity contribution in [1.82, 2.24) is 9.55 Å². The van der Waals surface area contributed by atoms with Crippen molar-refractivity contribution in [3.63, 3.8) is 0 Å². The van der Waals surface area contributed by atoms with Crippen LogP contribution in [0.25, 0.3) is 27.7 Å². The summed E-state index contributed by atoms with van der Waals surface area (Å²) in [6, 6.07) is 22.4. The van der Waals surface area contributed by atoms with E-state index in [2.05, 4.69) is 4.98 Å². The second-order valence-electron chi connectivity index (χ2n) is 7.65. The Kier molecular flexibility index (Phi) is 5.65. The van der Waals surface area contributed by atoms with Crippen LogP contribution in [0.3, 0.4) is 0 Å². The molecule has 0 radical (unpaired) electrons. The predicted molar refractivity (Wildman–Crippen MR) is 133 cm³/mol. The highest BCUT2D eigenvalue weighted by Gasteiger charge is 2.28. The topological polar surface area (TPSA) is 72.2 Å². The SMILES string of the molecule is O=C(c1ccc(Cl)cc1)c1c(C(=O)O)n(-c2ccc(Cl)cc2)c2cc(-c3cccnc3)ccc12. The Labute approximate surface area is 204 Å². The molecule has 5 rings (SSSR count). The van der Waals surface area contributed by atoms with Gasteiger partial charge in [-0.15, -0.1) is 0 Å². The number of hydrogen-bond donors (Lipinski definition) is 1. The van der Waals surface area contributed by atoms with Gasteiger partial charge in [-0.05, 0) is 66.2 Å². The van der Waals surface area contributed by atoms with Crippen LogP contribution in [-0.4, -0.2) is 26.4 Å². The first-order chi connectivity index (χ1) is 16.4. The molecule has 0 amide bonds. The number of carboxylic acid groups (broad SMARTS) is 1. The zero-order valence-electron chi connectivity index (χ0n) is 17.6. The van der Waals surface area contributed by atoms with E-state index in [0.29, 0.717) is 32.2 Å². The van der Waals surface area contributed by atoms with Gasteiger partial charge in [-0.3, -0.25) is 9.78 Å². The van der Waals surface area contributed by atoms with Crippen molar-refractivity contribution in [3.05, 3.63) is 118 Å². The highest BCUT2D eigenvalue weighted by molar-refractivity contribution is 6.31. The van der Waals surface area contributed by atoms with E-state index >= 15 is 0 Å². The summed E-state index contributed by atoms with van der Waals surface area (Å²) in [6.45, 7) is 0. The molecule has 0 saturated heterocycles. The first-order valence-electron chi connectivity index (χ1n) is 10.3. The molecule has 34 heavy (non-hydrogen) atoms. The number of hydrogen-bond acceptors (Lipinski definition) is 3. The van der Waals surface area contributed by atoms with Gasteiger partial charge in [-0.2, -0.15) is 0 Å². The molecule has 5 aromatic rings. The lowest BCUT2D eigenvalue weighted by Gasteiger charge is -2.10. The summed E-state index contributed by atoms with van der Waals surface area (Å²) in [5.41, 5.74) is 3.20. The number of carboxylic acids is 1. The molecule has 5 nitrogen and oxygen atoms in total. The number of ketones is 1. The molecule has 2 heterocycles. The normalized spacial score (nSPS) is 11.0. The van der Waals surface area contributed by atoms with Crippen LogP contribution >= 0.6 is 23.2 Å². The van der Waals surface area contributed by atoms with Crippen molar-refractivity contribution < 1.29 is 14.7 Å².